The SMILES string of the molecule is COCCNC(=O)c1nc(-c2ccc(C(C)(C)C)cc2)oc1-c1ccc(N(C)C)cc1. The van der Waals surface area contributed by atoms with Crippen LogP contribution in [0.15, 0.2) is 52.9 Å². The molecule has 0 saturated heterocycles. The Kier molecular flexibility index (Phi) is 6.81. The molecule has 0 aliphatic rings. The van der Waals surface area contributed by atoms with E-state index in [1.165, 1.54) is 5.56 Å². The Labute approximate surface area is 184 Å². The first-order valence-electron chi connectivity index (χ1n) is 10.4. The molecule has 6 nitrogen and oxygen atoms in total. The minimum Gasteiger partial charge on any atom is -0.435 e. The summed E-state index contributed by atoms with van der Waals surface area (Å²) in [6.07, 6.45) is 0. The average Bonchev–Trinajstić information content (AvgIpc) is 3.19. The standard InChI is InChI=1S/C25H31N3O3/c1-25(2,3)19-11-7-18(8-12-19)24-27-21(23(29)26-15-16-30-6)22(31-24)17-9-13-20(14-10-17)28(4)5/h7-14H,15-16H2,1-6H3,(H,26,29). The fourth-order valence-electron chi connectivity index (χ4n) is 3.17. The van der Waals surface area contributed by atoms with Crippen LogP contribution >= 0.6 is 0 Å². The quantitative estimate of drug-likeness (QED) is 0.558. The lowest BCUT2D eigenvalue weighted by Crippen LogP contribution is -2.27. The zero-order chi connectivity index (χ0) is 22.6. The summed E-state index contributed by atoms with van der Waals surface area (Å²) in [5.41, 5.74) is 4.24. The Morgan fingerprint density at radius 1 is 1.03 bits per heavy atom. The van der Waals surface area contributed by atoms with Crippen LogP contribution < -0.4 is 10.2 Å². The van der Waals surface area contributed by atoms with E-state index < -0.39 is 0 Å². The molecule has 1 N–H and O–H groups in total. The van der Waals surface area contributed by atoms with E-state index >= 15 is 0 Å². The minimum atomic E-state index is -0.287. The number of carbonyl (C=O) groups is 1. The van der Waals surface area contributed by atoms with Gasteiger partial charge in [0.05, 0.1) is 6.61 Å². The molecule has 0 spiro atoms. The predicted molar refractivity (Wildman–Crippen MR) is 125 cm³/mol. The van der Waals surface area contributed by atoms with Crippen molar-refractivity contribution in [2.75, 3.05) is 39.3 Å². The van der Waals surface area contributed by atoms with Crippen molar-refractivity contribution < 1.29 is 13.9 Å². The lowest BCUT2D eigenvalue weighted by atomic mass is 9.87. The van der Waals surface area contributed by atoms with Crippen molar-refractivity contribution >= 4 is 11.6 Å². The second kappa shape index (κ2) is 9.35. The molecule has 0 atom stereocenters. The van der Waals surface area contributed by atoms with Gasteiger partial charge in [-0.3, -0.25) is 4.79 Å². The van der Waals surface area contributed by atoms with E-state index in [2.05, 4.69) is 43.2 Å². The van der Waals surface area contributed by atoms with Gasteiger partial charge in [0.15, 0.2) is 11.5 Å². The van der Waals surface area contributed by atoms with Gasteiger partial charge in [-0.25, -0.2) is 4.98 Å². The van der Waals surface area contributed by atoms with E-state index in [1.807, 2.05) is 55.4 Å². The predicted octanol–water partition coefficient (Wildman–Crippen LogP) is 4.75. The van der Waals surface area contributed by atoms with Gasteiger partial charge in [0.25, 0.3) is 5.91 Å². The number of benzene rings is 2. The third kappa shape index (κ3) is 5.33. The van der Waals surface area contributed by atoms with Crippen LogP contribution in [0.4, 0.5) is 5.69 Å². The highest BCUT2D eigenvalue weighted by Gasteiger charge is 2.23. The van der Waals surface area contributed by atoms with E-state index in [-0.39, 0.29) is 17.0 Å². The van der Waals surface area contributed by atoms with Gasteiger partial charge in [0.1, 0.15) is 0 Å². The lowest BCUT2D eigenvalue weighted by Gasteiger charge is -2.18. The summed E-state index contributed by atoms with van der Waals surface area (Å²) in [5.74, 6) is 0.587. The highest BCUT2D eigenvalue weighted by atomic mass is 16.5. The number of methoxy groups -OCH3 is 1. The molecule has 1 amide bonds. The molecule has 3 aromatic rings. The van der Waals surface area contributed by atoms with Crippen LogP contribution in [0.1, 0.15) is 36.8 Å². The molecule has 2 aromatic carbocycles. The van der Waals surface area contributed by atoms with Gasteiger partial charge in [-0.05, 0) is 47.4 Å². The molecule has 31 heavy (non-hydrogen) atoms. The number of anilines is 1. The van der Waals surface area contributed by atoms with Gasteiger partial charge >= 0.3 is 0 Å². The summed E-state index contributed by atoms with van der Waals surface area (Å²) in [5, 5.41) is 2.84. The maximum absolute atomic E-state index is 12.8. The third-order valence-electron chi connectivity index (χ3n) is 5.08. The number of rotatable bonds is 7. The maximum atomic E-state index is 12.8. The topological polar surface area (TPSA) is 67.6 Å². The van der Waals surface area contributed by atoms with E-state index in [0.717, 1.165) is 16.8 Å². The van der Waals surface area contributed by atoms with E-state index in [4.69, 9.17) is 9.15 Å². The summed E-state index contributed by atoms with van der Waals surface area (Å²) in [6, 6.07) is 16.0. The fraction of sp³-hybridized carbons (Fsp3) is 0.360. The van der Waals surface area contributed by atoms with Gasteiger partial charge in [-0.1, -0.05) is 32.9 Å². The molecule has 6 heteroatoms. The lowest BCUT2D eigenvalue weighted by molar-refractivity contribution is 0.0933. The summed E-state index contributed by atoms with van der Waals surface area (Å²) < 4.78 is 11.2. The summed E-state index contributed by atoms with van der Waals surface area (Å²) >= 11 is 0. The first-order valence-corrected chi connectivity index (χ1v) is 10.4. The second-order valence-electron chi connectivity index (χ2n) is 8.71. The molecule has 3 rings (SSSR count). The Morgan fingerprint density at radius 2 is 1.65 bits per heavy atom. The third-order valence-corrected chi connectivity index (χ3v) is 5.08. The number of hydrogen-bond acceptors (Lipinski definition) is 5. The zero-order valence-corrected chi connectivity index (χ0v) is 19.2. The van der Waals surface area contributed by atoms with Gasteiger partial charge < -0.3 is 19.4 Å². The molecule has 1 heterocycles. The van der Waals surface area contributed by atoms with Gasteiger partial charge in [-0.2, -0.15) is 0 Å². The number of carbonyl (C=O) groups excluding carboxylic acids is 1. The van der Waals surface area contributed by atoms with Gasteiger partial charge in [-0.15, -0.1) is 0 Å². The zero-order valence-electron chi connectivity index (χ0n) is 19.2. The maximum Gasteiger partial charge on any atom is 0.274 e. The molecule has 0 radical (unpaired) electrons. The van der Waals surface area contributed by atoms with Crippen LogP contribution in [0, 0.1) is 0 Å². The molecule has 0 bridgehead atoms. The van der Waals surface area contributed by atoms with Crippen LogP contribution in [0.3, 0.4) is 0 Å². The van der Waals surface area contributed by atoms with Crippen LogP contribution in [-0.4, -0.2) is 45.2 Å². The minimum absolute atomic E-state index is 0.0564. The first kappa shape index (κ1) is 22.6. The largest absolute Gasteiger partial charge is 0.435 e. The number of nitrogens with zero attached hydrogens (tertiary/aromatic N) is 2. The number of amides is 1. The molecule has 1 aromatic heterocycles. The van der Waals surface area contributed by atoms with Crippen LogP contribution in [-0.2, 0) is 10.2 Å². The Balaban J connectivity index is 2.00. The van der Waals surface area contributed by atoms with Crippen molar-refractivity contribution in [1.29, 1.82) is 0 Å². The molecular formula is C25H31N3O3. The molecule has 164 valence electrons. The number of aromatic nitrogens is 1. The Bertz CT molecular complexity index is 1010. The van der Waals surface area contributed by atoms with Crippen molar-refractivity contribution in [2.45, 2.75) is 26.2 Å². The molecule has 0 fully saturated rings. The first-order chi connectivity index (χ1) is 14.7. The fourth-order valence-corrected chi connectivity index (χ4v) is 3.17. The van der Waals surface area contributed by atoms with Crippen LogP contribution in [0.25, 0.3) is 22.8 Å². The Morgan fingerprint density at radius 3 is 2.19 bits per heavy atom. The van der Waals surface area contributed by atoms with Gasteiger partial charge in [0, 0.05) is 44.6 Å². The number of ether oxygens (including phenoxy) is 1. The smallest absolute Gasteiger partial charge is 0.274 e. The second-order valence-corrected chi connectivity index (χ2v) is 8.71. The monoisotopic (exact) mass is 421 g/mol. The molecule has 0 aliphatic carbocycles. The van der Waals surface area contributed by atoms with Gasteiger partial charge in [0.2, 0.25) is 5.89 Å². The van der Waals surface area contributed by atoms with E-state index in [0.29, 0.717) is 24.8 Å². The van der Waals surface area contributed by atoms with Crippen molar-refractivity contribution in [3.8, 4) is 22.8 Å². The van der Waals surface area contributed by atoms with E-state index in [1.54, 1.807) is 7.11 Å². The average molecular weight is 422 g/mol. The van der Waals surface area contributed by atoms with E-state index in [9.17, 15) is 4.79 Å². The van der Waals surface area contributed by atoms with Crippen LogP contribution in [0.5, 0.6) is 0 Å². The normalized spacial score (nSPS) is 11.4. The number of oxazole rings is 1. The number of nitrogens with one attached hydrogen (secondary N) is 1. The van der Waals surface area contributed by atoms with Crippen molar-refractivity contribution in [3.05, 3.63) is 59.8 Å². The van der Waals surface area contributed by atoms with Crippen LogP contribution in [0.2, 0.25) is 0 Å². The van der Waals surface area contributed by atoms with Crippen molar-refractivity contribution in [3.63, 3.8) is 0 Å². The molecule has 0 saturated carbocycles. The molecule has 0 unspecified atom stereocenters. The summed E-state index contributed by atoms with van der Waals surface area (Å²) in [4.78, 5) is 19.4. The molecule has 0 aliphatic heterocycles. The summed E-state index contributed by atoms with van der Waals surface area (Å²) in [7, 11) is 5.56. The highest BCUT2D eigenvalue weighted by molar-refractivity contribution is 5.98. The number of hydrogen-bond donors (Lipinski definition) is 1. The Hall–Kier alpha value is -3.12. The highest BCUT2D eigenvalue weighted by Crippen LogP contribution is 2.32. The molecular weight excluding hydrogens is 390 g/mol. The summed E-state index contributed by atoms with van der Waals surface area (Å²) in [6.45, 7) is 7.34. The van der Waals surface area contributed by atoms with Crippen molar-refractivity contribution in [2.24, 2.45) is 0 Å². The van der Waals surface area contributed by atoms with Crippen molar-refractivity contribution in [1.82, 2.24) is 10.3 Å².